The van der Waals surface area contributed by atoms with Gasteiger partial charge in [-0.1, -0.05) is 41.9 Å². The summed E-state index contributed by atoms with van der Waals surface area (Å²) in [6.07, 6.45) is 0.234. The molecule has 2 N–H and O–H groups in total. The lowest BCUT2D eigenvalue weighted by atomic mass is 10.1. The number of amides is 2. The van der Waals surface area contributed by atoms with Crippen molar-refractivity contribution in [2.24, 2.45) is 0 Å². The van der Waals surface area contributed by atoms with Crippen molar-refractivity contribution in [1.82, 2.24) is 5.32 Å². The Morgan fingerprint density at radius 3 is 2.40 bits per heavy atom. The second-order valence-corrected chi connectivity index (χ2v) is 6.04. The van der Waals surface area contributed by atoms with Gasteiger partial charge in [0.2, 0.25) is 5.91 Å². The van der Waals surface area contributed by atoms with Gasteiger partial charge in [-0.05, 0) is 30.7 Å². The lowest BCUT2D eigenvalue weighted by molar-refractivity contribution is -0.121. The first-order valence-corrected chi connectivity index (χ1v) is 8.24. The number of Topliss-reactive ketones (excluding diaryl/α,β-unsaturated/α-hetero) is 1. The van der Waals surface area contributed by atoms with E-state index in [-0.39, 0.29) is 36.0 Å². The molecule has 5 nitrogen and oxygen atoms in total. The highest BCUT2D eigenvalue weighted by Gasteiger charge is 2.14. The number of carbonyl (C=O) groups is 3. The van der Waals surface area contributed by atoms with Crippen LogP contribution >= 0.6 is 11.6 Å². The molecule has 0 fully saturated rings. The van der Waals surface area contributed by atoms with E-state index in [0.29, 0.717) is 17.3 Å². The Labute approximate surface area is 151 Å². The molecular weight excluding hydrogens is 340 g/mol. The first kappa shape index (κ1) is 18.7. The number of benzene rings is 2. The minimum atomic E-state index is -0.340. The third-order valence-corrected chi connectivity index (χ3v) is 3.74. The summed E-state index contributed by atoms with van der Waals surface area (Å²) in [5.41, 5.74) is 1.60. The predicted octanol–water partition coefficient (Wildman–Crippen LogP) is 3.58. The van der Waals surface area contributed by atoms with Crippen molar-refractivity contribution in [3.8, 4) is 0 Å². The number of hydrogen-bond donors (Lipinski definition) is 2. The Balaban J connectivity index is 2.07. The van der Waals surface area contributed by atoms with Gasteiger partial charge in [0.15, 0.2) is 0 Å². The summed E-state index contributed by atoms with van der Waals surface area (Å²) in [4.78, 5) is 35.4. The quantitative estimate of drug-likeness (QED) is 0.794. The van der Waals surface area contributed by atoms with E-state index in [9.17, 15) is 14.4 Å². The molecule has 2 amide bonds. The maximum atomic E-state index is 12.5. The average Bonchev–Trinajstić information content (AvgIpc) is 2.60. The van der Waals surface area contributed by atoms with Gasteiger partial charge < -0.3 is 15.4 Å². The standard InChI is InChI=1S/C19H19ClN2O3/c1-13(23)7-10-18(24)22-17-9-8-15(20)11-16(17)19(25)21-12-14-5-3-2-4-6-14/h2-6,8-9,11H,7,10,12H2,1H3,(H,21,25)(H,22,24). The summed E-state index contributed by atoms with van der Waals surface area (Å²) in [7, 11) is 0. The van der Waals surface area contributed by atoms with Crippen molar-refractivity contribution in [1.29, 1.82) is 0 Å². The molecule has 0 saturated carbocycles. The van der Waals surface area contributed by atoms with Gasteiger partial charge in [-0.3, -0.25) is 9.59 Å². The van der Waals surface area contributed by atoms with E-state index in [4.69, 9.17) is 11.6 Å². The zero-order valence-corrected chi connectivity index (χ0v) is 14.6. The maximum absolute atomic E-state index is 12.5. The van der Waals surface area contributed by atoms with Crippen LogP contribution in [0.2, 0.25) is 5.02 Å². The van der Waals surface area contributed by atoms with Crippen LogP contribution in [0.25, 0.3) is 0 Å². The van der Waals surface area contributed by atoms with Crippen LogP contribution in [-0.2, 0) is 16.1 Å². The van der Waals surface area contributed by atoms with Crippen molar-refractivity contribution < 1.29 is 14.4 Å². The lowest BCUT2D eigenvalue weighted by Crippen LogP contribution is -2.25. The minimum Gasteiger partial charge on any atom is -0.348 e. The van der Waals surface area contributed by atoms with Gasteiger partial charge in [-0.2, -0.15) is 0 Å². The Kier molecular flexibility index (Phi) is 6.71. The summed E-state index contributed by atoms with van der Waals surface area (Å²) >= 11 is 5.98. The molecule has 2 aromatic rings. The molecule has 25 heavy (non-hydrogen) atoms. The number of ketones is 1. The topological polar surface area (TPSA) is 75.3 Å². The van der Waals surface area contributed by atoms with Crippen LogP contribution in [0.4, 0.5) is 5.69 Å². The second kappa shape index (κ2) is 8.99. The molecule has 0 spiro atoms. The van der Waals surface area contributed by atoms with Crippen LogP contribution in [0.15, 0.2) is 48.5 Å². The van der Waals surface area contributed by atoms with Crippen molar-refractivity contribution >= 4 is 34.9 Å². The van der Waals surface area contributed by atoms with Crippen LogP contribution in [0.1, 0.15) is 35.7 Å². The fourth-order valence-corrected chi connectivity index (χ4v) is 2.36. The number of halogens is 1. The van der Waals surface area contributed by atoms with E-state index in [1.165, 1.54) is 13.0 Å². The van der Waals surface area contributed by atoms with E-state index in [0.717, 1.165) is 5.56 Å². The molecule has 0 aliphatic carbocycles. The molecule has 0 aromatic heterocycles. The van der Waals surface area contributed by atoms with Gasteiger partial charge in [-0.15, -0.1) is 0 Å². The minimum absolute atomic E-state index is 0.0629. The molecule has 0 unspecified atom stereocenters. The summed E-state index contributed by atoms with van der Waals surface area (Å²) in [6.45, 7) is 1.79. The fraction of sp³-hybridized carbons (Fsp3) is 0.211. The van der Waals surface area contributed by atoms with Crippen LogP contribution in [0.3, 0.4) is 0 Å². The molecule has 6 heteroatoms. The third kappa shape index (κ3) is 6.04. The number of anilines is 1. The zero-order valence-electron chi connectivity index (χ0n) is 13.8. The summed E-state index contributed by atoms with van der Waals surface area (Å²) in [6, 6.07) is 14.2. The maximum Gasteiger partial charge on any atom is 0.253 e. The van der Waals surface area contributed by atoms with E-state index < -0.39 is 0 Å². The molecule has 130 valence electrons. The van der Waals surface area contributed by atoms with Gasteiger partial charge in [0, 0.05) is 24.4 Å². The monoisotopic (exact) mass is 358 g/mol. The molecule has 0 atom stereocenters. The molecule has 0 aliphatic rings. The molecule has 0 saturated heterocycles. The molecule has 0 bridgehead atoms. The smallest absolute Gasteiger partial charge is 0.253 e. The largest absolute Gasteiger partial charge is 0.348 e. The number of nitrogens with one attached hydrogen (secondary N) is 2. The molecular formula is C19H19ClN2O3. The molecule has 0 aliphatic heterocycles. The average molecular weight is 359 g/mol. The number of carbonyl (C=O) groups excluding carboxylic acids is 3. The molecule has 2 rings (SSSR count). The van der Waals surface area contributed by atoms with E-state index in [1.54, 1.807) is 12.1 Å². The van der Waals surface area contributed by atoms with Crippen LogP contribution in [0.5, 0.6) is 0 Å². The van der Waals surface area contributed by atoms with Gasteiger partial charge >= 0.3 is 0 Å². The molecule has 2 aromatic carbocycles. The van der Waals surface area contributed by atoms with Crippen LogP contribution < -0.4 is 10.6 Å². The second-order valence-electron chi connectivity index (χ2n) is 5.61. The Bertz CT molecular complexity index is 775. The van der Waals surface area contributed by atoms with Crippen LogP contribution in [-0.4, -0.2) is 17.6 Å². The Morgan fingerprint density at radius 1 is 1.00 bits per heavy atom. The van der Waals surface area contributed by atoms with Crippen molar-refractivity contribution in [3.63, 3.8) is 0 Å². The van der Waals surface area contributed by atoms with E-state index in [1.807, 2.05) is 30.3 Å². The summed E-state index contributed by atoms with van der Waals surface area (Å²) in [5, 5.41) is 5.86. The van der Waals surface area contributed by atoms with Gasteiger partial charge in [-0.25, -0.2) is 0 Å². The predicted molar refractivity (Wildman–Crippen MR) is 97.6 cm³/mol. The Morgan fingerprint density at radius 2 is 1.72 bits per heavy atom. The highest BCUT2D eigenvalue weighted by molar-refractivity contribution is 6.31. The highest BCUT2D eigenvalue weighted by atomic mass is 35.5. The van der Waals surface area contributed by atoms with Gasteiger partial charge in [0.25, 0.3) is 5.91 Å². The molecule has 0 heterocycles. The fourth-order valence-electron chi connectivity index (χ4n) is 2.19. The highest BCUT2D eigenvalue weighted by Crippen LogP contribution is 2.21. The van der Waals surface area contributed by atoms with Crippen molar-refractivity contribution in [2.75, 3.05) is 5.32 Å². The van der Waals surface area contributed by atoms with Crippen molar-refractivity contribution in [2.45, 2.75) is 26.3 Å². The summed E-state index contributed by atoms with van der Waals surface area (Å²) < 4.78 is 0. The van der Waals surface area contributed by atoms with E-state index >= 15 is 0 Å². The normalized spacial score (nSPS) is 10.2. The van der Waals surface area contributed by atoms with Gasteiger partial charge in [0.05, 0.1) is 11.3 Å². The Hall–Kier alpha value is -2.66. The first-order chi connectivity index (χ1) is 12.0. The van der Waals surface area contributed by atoms with Crippen molar-refractivity contribution in [3.05, 3.63) is 64.7 Å². The van der Waals surface area contributed by atoms with Gasteiger partial charge in [0.1, 0.15) is 5.78 Å². The lowest BCUT2D eigenvalue weighted by Gasteiger charge is -2.12. The van der Waals surface area contributed by atoms with Crippen LogP contribution in [0, 0.1) is 0 Å². The SMILES string of the molecule is CC(=O)CCC(=O)Nc1ccc(Cl)cc1C(=O)NCc1ccccc1. The zero-order chi connectivity index (χ0) is 18.2. The number of rotatable bonds is 7. The van der Waals surface area contributed by atoms with E-state index in [2.05, 4.69) is 10.6 Å². The molecule has 0 radical (unpaired) electrons. The first-order valence-electron chi connectivity index (χ1n) is 7.86. The third-order valence-electron chi connectivity index (χ3n) is 3.50. The summed E-state index contributed by atoms with van der Waals surface area (Å²) in [5.74, 6) is -0.727. The number of hydrogen-bond acceptors (Lipinski definition) is 3.